The van der Waals surface area contributed by atoms with E-state index in [2.05, 4.69) is 23.3 Å². The van der Waals surface area contributed by atoms with Gasteiger partial charge in [-0.1, -0.05) is 0 Å². The van der Waals surface area contributed by atoms with E-state index in [1.165, 1.54) is 4.88 Å². The summed E-state index contributed by atoms with van der Waals surface area (Å²) < 4.78 is 5.66. The minimum Gasteiger partial charge on any atom is -0.374 e. The Morgan fingerprint density at radius 2 is 2.53 bits per heavy atom. The van der Waals surface area contributed by atoms with Gasteiger partial charge < -0.3 is 15.0 Å². The molecule has 1 fully saturated rings. The fourth-order valence-electron chi connectivity index (χ4n) is 1.88. The van der Waals surface area contributed by atoms with E-state index in [0.29, 0.717) is 0 Å². The van der Waals surface area contributed by atoms with Crippen LogP contribution in [0, 0.1) is 11.3 Å². The van der Waals surface area contributed by atoms with Crippen molar-refractivity contribution >= 4 is 11.3 Å². The molecule has 1 aromatic heterocycles. The Morgan fingerprint density at radius 1 is 1.65 bits per heavy atom. The molecule has 1 saturated heterocycles. The zero-order chi connectivity index (χ0) is 12.1. The first-order valence-corrected chi connectivity index (χ1v) is 6.59. The molecule has 1 N–H and O–H groups in total. The van der Waals surface area contributed by atoms with Crippen molar-refractivity contribution in [2.75, 3.05) is 33.3 Å². The van der Waals surface area contributed by atoms with Crippen LogP contribution in [0.5, 0.6) is 0 Å². The Kier molecular flexibility index (Phi) is 4.51. The molecule has 2 heterocycles. The summed E-state index contributed by atoms with van der Waals surface area (Å²) in [6.45, 7) is 4.51. The van der Waals surface area contributed by atoms with E-state index in [9.17, 15) is 0 Å². The van der Waals surface area contributed by atoms with Crippen LogP contribution in [0.1, 0.15) is 9.75 Å². The molecule has 0 spiro atoms. The minimum atomic E-state index is 0.282. The van der Waals surface area contributed by atoms with Crippen LogP contribution < -0.4 is 5.32 Å². The van der Waals surface area contributed by atoms with Crippen molar-refractivity contribution in [3.05, 3.63) is 21.9 Å². The maximum atomic E-state index is 8.72. The molecular weight excluding hydrogens is 234 g/mol. The number of ether oxygens (including phenoxy) is 1. The molecule has 0 saturated carbocycles. The normalized spacial score (nSPS) is 21.3. The van der Waals surface area contributed by atoms with E-state index in [-0.39, 0.29) is 6.10 Å². The highest BCUT2D eigenvalue weighted by Crippen LogP contribution is 2.14. The highest BCUT2D eigenvalue weighted by atomic mass is 32.1. The standard InChI is InChI=1S/C12H17N3OS/c1-15-4-5-16-10(9-15)7-14-8-12-3-2-11(6-13)17-12/h2-3,10,14H,4-5,7-9H2,1H3. The second-order valence-electron chi connectivity index (χ2n) is 4.26. The summed E-state index contributed by atoms with van der Waals surface area (Å²) in [4.78, 5) is 4.26. The SMILES string of the molecule is CN1CCOC(CNCc2ccc(C#N)s2)C1. The molecule has 1 unspecified atom stereocenters. The van der Waals surface area contributed by atoms with Crippen molar-refractivity contribution < 1.29 is 4.74 Å². The molecule has 4 nitrogen and oxygen atoms in total. The Hall–Kier alpha value is -0.930. The zero-order valence-corrected chi connectivity index (χ0v) is 10.8. The molecule has 2 rings (SSSR count). The van der Waals surface area contributed by atoms with Crippen molar-refractivity contribution in [2.45, 2.75) is 12.6 Å². The number of morpholine rings is 1. The molecule has 5 heteroatoms. The van der Waals surface area contributed by atoms with Crippen molar-refractivity contribution in [3.8, 4) is 6.07 Å². The van der Waals surface area contributed by atoms with Crippen LogP contribution in [0.15, 0.2) is 12.1 Å². The number of rotatable bonds is 4. The first-order valence-electron chi connectivity index (χ1n) is 5.77. The Morgan fingerprint density at radius 3 is 3.24 bits per heavy atom. The van der Waals surface area contributed by atoms with Crippen molar-refractivity contribution in [3.63, 3.8) is 0 Å². The molecule has 1 atom stereocenters. The van der Waals surface area contributed by atoms with Crippen LogP contribution in [0.4, 0.5) is 0 Å². The second kappa shape index (κ2) is 6.12. The lowest BCUT2D eigenvalue weighted by Crippen LogP contribution is -2.44. The Bertz CT molecular complexity index is 399. The summed E-state index contributed by atoms with van der Waals surface area (Å²) in [5, 5.41) is 12.1. The molecule has 1 aliphatic rings. The number of hydrogen-bond acceptors (Lipinski definition) is 5. The minimum absolute atomic E-state index is 0.282. The predicted molar refractivity (Wildman–Crippen MR) is 68.0 cm³/mol. The maximum Gasteiger partial charge on any atom is 0.110 e. The van der Waals surface area contributed by atoms with Crippen LogP contribution in [0.3, 0.4) is 0 Å². The van der Waals surface area contributed by atoms with Gasteiger partial charge in [0, 0.05) is 31.1 Å². The largest absolute Gasteiger partial charge is 0.374 e. The molecule has 0 bridgehead atoms. The molecule has 92 valence electrons. The summed E-state index contributed by atoms with van der Waals surface area (Å²) in [5.41, 5.74) is 0. The highest BCUT2D eigenvalue weighted by Gasteiger charge is 2.16. The van der Waals surface area contributed by atoms with E-state index >= 15 is 0 Å². The predicted octanol–water partition coefficient (Wildman–Crippen LogP) is 1.04. The number of nitrogens with zero attached hydrogens (tertiary/aromatic N) is 2. The topological polar surface area (TPSA) is 48.3 Å². The lowest BCUT2D eigenvalue weighted by molar-refractivity contribution is -0.0181. The molecule has 1 aliphatic heterocycles. The summed E-state index contributed by atoms with van der Waals surface area (Å²) in [7, 11) is 2.12. The summed E-state index contributed by atoms with van der Waals surface area (Å²) in [6, 6.07) is 6.02. The average molecular weight is 251 g/mol. The monoisotopic (exact) mass is 251 g/mol. The number of nitrogens with one attached hydrogen (secondary N) is 1. The van der Waals surface area contributed by atoms with Gasteiger partial charge in [0.2, 0.25) is 0 Å². The summed E-state index contributed by atoms with van der Waals surface area (Å²) in [5.74, 6) is 0. The van der Waals surface area contributed by atoms with Gasteiger partial charge in [0.05, 0.1) is 12.7 Å². The third kappa shape index (κ3) is 3.79. The van der Waals surface area contributed by atoms with Gasteiger partial charge in [0.15, 0.2) is 0 Å². The summed E-state index contributed by atoms with van der Waals surface area (Å²) >= 11 is 1.55. The van der Waals surface area contributed by atoms with Gasteiger partial charge in [-0.05, 0) is 19.2 Å². The van der Waals surface area contributed by atoms with E-state index in [1.54, 1.807) is 11.3 Å². The van der Waals surface area contributed by atoms with Gasteiger partial charge in [-0.15, -0.1) is 11.3 Å². The van der Waals surface area contributed by atoms with Gasteiger partial charge in [-0.2, -0.15) is 5.26 Å². The molecular formula is C12H17N3OS. The van der Waals surface area contributed by atoms with Crippen LogP contribution in [-0.4, -0.2) is 44.3 Å². The van der Waals surface area contributed by atoms with Crippen molar-refractivity contribution in [1.82, 2.24) is 10.2 Å². The number of thiophene rings is 1. The first-order chi connectivity index (χ1) is 8.28. The third-order valence-electron chi connectivity index (χ3n) is 2.78. The fourth-order valence-corrected chi connectivity index (χ4v) is 2.65. The Balaban J connectivity index is 1.70. The van der Waals surface area contributed by atoms with Crippen molar-refractivity contribution in [1.29, 1.82) is 5.26 Å². The summed E-state index contributed by atoms with van der Waals surface area (Å²) in [6.07, 6.45) is 0.282. The average Bonchev–Trinajstić information content (AvgIpc) is 2.77. The zero-order valence-electron chi connectivity index (χ0n) is 9.98. The molecule has 0 aliphatic carbocycles. The van der Waals surface area contributed by atoms with Crippen LogP contribution in [0.2, 0.25) is 0 Å². The third-order valence-corrected chi connectivity index (χ3v) is 3.77. The molecule has 0 radical (unpaired) electrons. The van der Waals surface area contributed by atoms with E-state index in [4.69, 9.17) is 10.00 Å². The van der Waals surface area contributed by atoms with E-state index in [1.807, 2.05) is 12.1 Å². The number of likely N-dealkylation sites (N-methyl/N-ethyl adjacent to an activating group) is 1. The van der Waals surface area contributed by atoms with Gasteiger partial charge in [-0.25, -0.2) is 0 Å². The van der Waals surface area contributed by atoms with Gasteiger partial charge in [0.25, 0.3) is 0 Å². The second-order valence-corrected chi connectivity index (χ2v) is 5.43. The maximum absolute atomic E-state index is 8.72. The number of hydrogen-bond donors (Lipinski definition) is 1. The van der Waals surface area contributed by atoms with Crippen LogP contribution in [-0.2, 0) is 11.3 Å². The molecule has 17 heavy (non-hydrogen) atoms. The van der Waals surface area contributed by atoms with Crippen molar-refractivity contribution in [2.24, 2.45) is 0 Å². The highest BCUT2D eigenvalue weighted by molar-refractivity contribution is 7.12. The lowest BCUT2D eigenvalue weighted by Gasteiger charge is -2.30. The lowest BCUT2D eigenvalue weighted by atomic mass is 10.3. The van der Waals surface area contributed by atoms with E-state index < -0.39 is 0 Å². The van der Waals surface area contributed by atoms with Crippen LogP contribution >= 0.6 is 11.3 Å². The Labute approximate surface area is 106 Å². The quantitative estimate of drug-likeness (QED) is 0.868. The fraction of sp³-hybridized carbons (Fsp3) is 0.583. The smallest absolute Gasteiger partial charge is 0.110 e. The van der Waals surface area contributed by atoms with Gasteiger partial charge in [0.1, 0.15) is 10.9 Å². The first kappa shape index (κ1) is 12.5. The van der Waals surface area contributed by atoms with Gasteiger partial charge >= 0.3 is 0 Å². The molecule has 0 amide bonds. The van der Waals surface area contributed by atoms with Crippen LogP contribution in [0.25, 0.3) is 0 Å². The van der Waals surface area contributed by atoms with E-state index in [0.717, 1.165) is 37.7 Å². The van der Waals surface area contributed by atoms with Gasteiger partial charge in [-0.3, -0.25) is 0 Å². The molecule has 1 aromatic rings. The molecule has 0 aromatic carbocycles. The number of nitriles is 1.